The predicted octanol–water partition coefficient (Wildman–Crippen LogP) is 4.49. The minimum atomic E-state index is -0.481. The van der Waals surface area contributed by atoms with Crippen LogP contribution in [0.4, 0.5) is 0 Å². The molecule has 150 valence electrons. The highest BCUT2D eigenvalue weighted by molar-refractivity contribution is 6.35. The Morgan fingerprint density at radius 1 is 1.43 bits per heavy atom. The van der Waals surface area contributed by atoms with Gasteiger partial charge in [-0.1, -0.05) is 49.1 Å². The van der Waals surface area contributed by atoms with E-state index >= 15 is 0 Å². The van der Waals surface area contributed by atoms with Crippen LogP contribution in [-0.4, -0.2) is 32.5 Å². The number of fused-ring (bicyclic) bond motifs is 1. The van der Waals surface area contributed by atoms with E-state index in [-0.39, 0.29) is 17.6 Å². The average molecular weight is 425 g/mol. The van der Waals surface area contributed by atoms with Crippen LogP contribution in [0.2, 0.25) is 10.0 Å². The van der Waals surface area contributed by atoms with Crippen LogP contribution in [0.25, 0.3) is 0 Å². The fraction of sp³-hybridized carbons (Fsp3) is 0.474. The Labute approximate surface area is 173 Å². The van der Waals surface area contributed by atoms with Crippen molar-refractivity contribution in [1.82, 2.24) is 14.8 Å². The average Bonchev–Trinajstić information content (AvgIpc) is 3.21. The largest absolute Gasteiger partial charge is 0.488 e. The first-order valence-corrected chi connectivity index (χ1v) is 9.65. The number of halogens is 2. The molecule has 0 spiro atoms. The zero-order valence-electron chi connectivity index (χ0n) is 16.1. The normalized spacial score (nSPS) is 17.8. The number of nitrogens with zero attached hydrogens (tertiary/aromatic N) is 4. The summed E-state index contributed by atoms with van der Waals surface area (Å²) in [5.41, 5.74) is 1.25. The topological polar surface area (TPSA) is 78.6 Å². The van der Waals surface area contributed by atoms with Gasteiger partial charge in [0.05, 0.1) is 16.8 Å². The van der Waals surface area contributed by atoms with Crippen molar-refractivity contribution in [3.63, 3.8) is 0 Å². The van der Waals surface area contributed by atoms with Crippen molar-refractivity contribution < 1.29 is 14.4 Å². The molecule has 0 aliphatic carbocycles. The first-order valence-electron chi connectivity index (χ1n) is 8.89. The van der Waals surface area contributed by atoms with Gasteiger partial charge in [0.1, 0.15) is 24.5 Å². The standard InChI is InChI=1S/C19H22Cl2N4O3/c1-11(26)28-24-18(19(2,3)4)16(25-10-22-9-23-25)8-14-6-12-5-13(20)7-15(21)17(12)27-14/h5,7,9-10,14,16H,6,8H2,1-4H3. The molecule has 9 heteroatoms. The summed E-state index contributed by atoms with van der Waals surface area (Å²) in [7, 11) is 0. The van der Waals surface area contributed by atoms with Gasteiger partial charge in [-0.15, -0.1) is 0 Å². The van der Waals surface area contributed by atoms with Crippen LogP contribution in [0, 0.1) is 5.41 Å². The molecule has 2 heterocycles. The lowest BCUT2D eigenvalue weighted by molar-refractivity contribution is -0.141. The Kier molecular flexibility index (Phi) is 5.95. The van der Waals surface area contributed by atoms with Gasteiger partial charge in [0.15, 0.2) is 0 Å². The van der Waals surface area contributed by atoms with Gasteiger partial charge in [-0.05, 0) is 12.1 Å². The first-order chi connectivity index (χ1) is 13.1. The molecule has 1 aliphatic heterocycles. The van der Waals surface area contributed by atoms with E-state index in [1.54, 1.807) is 17.1 Å². The fourth-order valence-corrected chi connectivity index (χ4v) is 3.85. The number of rotatable bonds is 5. The van der Waals surface area contributed by atoms with Crippen LogP contribution in [-0.2, 0) is 16.1 Å². The lowest BCUT2D eigenvalue weighted by Gasteiger charge is -2.29. The zero-order chi connectivity index (χ0) is 20.5. The molecule has 2 aromatic rings. The third kappa shape index (κ3) is 4.64. The first kappa shape index (κ1) is 20.6. The van der Waals surface area contributed by atoms with Crippen molar-refractivity contribution >= 4 is 34.9 Å². The summed E-state index contributed by atoms with van der Waals surface area (Å²) in [6, 6.07) is 3.22. The molecule has 1 aromatic carbocycles. The number of carbonyl (C=O) groups is 1. The summed E-state index contributed by atoms with van der Waals surface area (Å²) in [5.74, 6) is 0.174. The maximum atomic E-state index is 11.3. The van der Waals surface area contributed by atoms with Gasteiger partial charge in [-0.3, -0.25) is 0 Å². The minimum Gasteiger partial charge on any atom is -0.488 e. The number of aromatic nitrogens is 3. The van der Waals surface area contributed by atoms with Gasteiger partial charge >= 0.3 is 5.97 Å². The lowest BCUT2D eigenvalue weighted by Crippen LogP contribution is -2.35. The molecule has 0 amide bonds. The second-order valence-electron chi connectivity index (χ2n) is 7.76. The molecule has 2 atom stereocenters. The van der Waals surface area contributed by atoms with Crippen LogP contribution in [0.15, 0.2) is 29.9 Å². The molecule has 28 heavy (non-hydrogen) atoms. The molecule has 1 aromatic heterocycles. The molecule has 7 nitrogen and oxygen atoms in total. The van der Waals surface area contributed by atoms with E-state index in [4.69, 9.17) is 32.8 Å². The van der Waals surface area contributed by atoms with E-state index in [1.807, 2.05) is 26.8 Å². The SMILES string of the molecule is CC(=O)ON=C(C(CC1Cc2cc(Cl)cc(Cl)c2O1)n1cncn1)C(C)(C)C. The molecule has 0 fully saturated rings. The Morgan fingerprint density at radius 2 is 2.18 bits per heavy atom. The second-order valence-corrected chi connectivity index (χ2v) is 8.60. The summed E-state index contributed by atoms with van der Waals surface area (Å²) < 4.78 is 7.80. The van der Waals surface area contributed by atoms with E-state index in [0.717, 1.165) is 5.56 Å². The monoisotopic (exact) mass is 424 g/mol. The van der Waals surface area contributed by atoms with Crippen LogP contribution in [0.1, 0.15) is 45.7 Å². The van der Waals surface area contributed by atoms with Crippen LogP contribution >= 0.6 is 23.2 Å². The van der Waals surface area contributed by atoms with E-state index < -0.39 is 5.97 Å². The molecular weight excluding hydrogens is 403 g/mol. The smallest absolute Gasteiger partial charge is 0.331 e. The molecule has 0 radical (unpaired) electrons. The molecule has 0 saturated carbocycles. The summed E-state index contributed by atoms with van der Waals surface area (Å²) in [4.78, 5) is 20.4. The van der Waals surface area contributed by atoms with Crippen molar-refractivity contribution in [3.8, 4) is 5.75 Å². The number of carbonyl (C=O) groups excluding carboxylic acids is 1. The molecular formula is C19H22Cl2N4O3. The lowest BCUT2D eigenvalue weighted by atomic mass is 9.83. The van der Waals surface area contributed by atoms with Crippen molar-refractivity contribution in [2.45, 2.75) is 52.7 Å². The molecule has 0 bridgehead atoms. The Balaban J connectivity index is 1.91. The van der Waals surface area contributed by atoms with E-state index in [9.17, 15) is 4.79 Å². The highest BCUT2D eigenvalue weighted by Gasteiger charge is 2.35. The van der Waals surface area contributed by atoms with E-state index in [1.165, 1.54) is 13.3 Å². The van der Waals surface area contributed by atoms with E-state index in [2.05, 4.69) is 15.2 Å². The third-order valence-corrected chi connectivity index (χ3v) is 4.92. The number of hydrogen-bond donors (Lipinski definition) is 0. The van der Waals surface area contributed by atoms with Crippen molar-refractivity contribution in [3.05, 3.63) is 40.4 Å². The van der Waals surface area contributed by atoms with Crippen LogP contribution in [0.3, 0.4) is 0 Å². The maximum Gasteiger partial charge on any atom is 0.331 e. The molecule has 0 N–H and O–H groups in total. The molecule has 1 aliphatic rings. The summed E-state index contributed by atoms with van der Waals surface area (Å²) >= 11 is 12.4. The van der Waals surface area contributed by atoms with Gasteiger partial charge < -0.3 is 9.57 Å². The second kappa shape index (κ2) is 8.09. The summed E-state index contributed by atoms with van der Waals surface area (Å²) in [6.07, 6.45) is 4.12. The quantitative estimate of drug-likeness (QED) is 0.401. The fourth-order valence-electron chi connectivity index (χ4n) is 3.27. The minimum absolute atomic E-state index is 0.162. The van der Waals surface area contributed by atoms with Crippen LogP contribution in [0.5, 0.6) is 5.75 Å². The van der Waals surface area contributed by atoms with Gasteiger partial charge in [0.2, 0.25) is 0 Å². The number of hydrogen-bond acceptors (Lipinski definition) is 6. The zero-order valence-corrected chi connectivity index (χ0v) is 17.7. The van der Waals surface area contributed by atoms with Crippen molar-refractivity contribution in [1.29, 1.82) is 0 Å². The molecule has 3 rings (SSSR count). The van der Waals surface area contributed by atoms with Gasteiger partial charge in [-0.2, -0.15) is 5.10 Å². The third-order valence-electron chi connectivity index (χ3n) is 4.42. The Bertz CT molecular complexity index is 891. The number of ether oxygens (including phenoxy) is 1. The number of benzene rings is 1. The maximum absolute atomic E-state index is 11.3. The van der Waals surface area contributed by atoms with Gasteiger partial charge in [-0.25, -0.2) is 14.5 Å². The molecule has 2 unspecified atom stereocenters. The van der Waals surface area contributed by atoms with Crippen molar-refractivity contribution in [2.75, 3.05) is 0 Å². The Hall–Kier alpha value is -2.12. The van der Waals surface area contributed by atoms with Gasteiger partial charge in [0, 0.05) is 35.8 Å². The summed E-state index contributed by atoms with van der Waals surface area (Å²) in [6.45, 7) is 7.32. The van der Waals surface area contributed by atoms with Crippen molar-refractivity contribution in [2.24, 2.45) is 10.6 Å². The summed E-state index contributed by atoms with van der Waals surface area (Å²) in [5, 5.41) is 9.50. The molecule has 0 saturated heterocycles. The van der Waals surface area contributed by atoms with Gasteiger partial charge in [0.25, 0.3) is 0 Å². The highest BCUT2D eigenvalue weighted by atomic mass is 35.5. The highest BCUT2D eigenvalue weighted by Crippen LogP contribution is 2.40. The number of oxime groups is 1. The van der Waals surface area contributed by atoms with Crippen LogP contribution < -0.4 is 4.74 Å². The Morgan fingerprint density at radius 3 is 2.79 bits per heavy atom. The predicted molar refractivity (Wildman–Crippen MR) is 107 cm³/mol. The van der Waals surface area contributed by atoms with E-state index in [0.29, 0.717) is 34.3 Å².